The van der Waals surface area contributed by atoms with E-state index in [9.17, 15) is 73.1 Å². The number of nitrogens with two attached hydrogens (primary N) is 1. The fourth-order valence-electron chi connectivity index (χ4n) is 9.72. The van der Waals surface area contributed by atoms with Crippen LogP contribution in [-0.2, 0) is 63.4 Å². The van der Waals surface area contributed by atoms with Crippen LogP contribution in [0.25, 0.3) is 11.6 Å². The van der Waals surface area contributed by atoms with E-state index in [1.54, 1.807) is 180 Å². The molecule has 636 valence electrons. The maximum atomic E-state index is 14.6. The van der Waals surface area contributed by atoms with Gasteiger partial charge in [0, 0.05) is 0 Å². The molecule has 0 radical (unpaired) electrons. The summed E-state index contributed by atoms with van der Waals surface area (Å²) in [6, 6.07) is 29.2. The number of hydrazine groups is 2. The van der Waals surface area contributed by atoms with Crippen LogP contribution < -0.4 is 38.1 Å². The number of hydrogen-bond donors (Lipinski definition) is 8. The van der Waals surface area contributed by atoms with Crippen LogP contribution in [0.1, 0.15) is 161 Å². The van der Waals surface area contributed by atoms with E-state index in [1.165, 1.54) is 35.8 Å². The smallest absolute Gasteiger partial charge is 0.426 e. The average Bonchev–Trinajstić information content (AvgIpc) is 1.69. The predicted octanol–water partition coefficient (Wildman–Crippen LogP) is 18.9. The number of carbonyl (C=O) groups is 7. The van der Waals surface area contributed by atoms with Gasteiger partial charge < -0.3 is 37.9 Å². The molecule has 3 aromatic carbocycles. The number of carbonyl (C=O) groups excluding carboxylic acids is 6. The summed E-state index contributed by atoms with van der Waals surface area (Å²) in [5.41, 5.74) is -3.43. The van der Waals surface area contributed by atoms with Gasteiger partial charge in [-0.25, -0.2) is 40.0 Å². The van der Waals surface area contributed by atoms with Crippen molar-refractivity contribution in [1.82, 2.24) is 41.4 Å². The second-order valence-corrected chi connectivity index (χ2v) is 30.5. The molecule has 0 aliphatic rings. The minimum Gasteiger partial charge on any atom is -0.476 e. The van der Waals surface area contributed by atoms with Crippen LogP contribution in [0, 0.1) is 20.8 Å². The first-order chi connectivity index (χ1) is 54.3. The molecule has 4 aromatic heterocycles. The Balaban J connectivity index is 0.000000344. The highest BCUT2D eigenvalue weighted by Gasteiger charge is 2.63. The Morgan fingerprint density at radius 2 is 0.829 bits per heavy atom. The largest absolute Gasteiger partial charge is 0.476 e. The van der Waals surface area contributed by atoms with Crippen LogP contribution in [0.2, 0.25) is 0 Å². The van der Waals surface area contributed by atoms with Crippen molar-refractivity contribution in [3.8, 4) is 11.6 Å². The van der Waals surface area contributed by atoms with Gasteiger partial charge in [-0.3, -0.25) is 46.6 Å². The lowest BCUT2D eigenvalue weighted by Crippen LogP contribution is -2.61. The number of carboxylic acid groups (broad SMARTS) is 1. The number of nitrogens with one attached hydrogen (secondary N) is 6. The number of amides is 6. The van der Waals surface area contributed by atoms with E-state index < -0.39 is 132 Å². The number of aryl methyl sites for hydroxylation is 3. The van der Waals surface area contributed by atoms with Crippen molar-refractivity contribution in [2.45, 2.75) is 194 Å². The van der Waals surface area contributed by atoms with Crippen molar-refractivity contribution in [3.05, 3.63) is 212 Å². The van der Waals surface area contributed by atoms with Gasteiger partial charge in [0.05, 0.1) is 36.9 Å². The third kappa shape index (κ3) is 30.0. The van der Waals surface area contributed by atoms with E-state index in [0.717, 1.165) is 0 Å². The second kappa shape index (κ2) is 43.3. The molecule has 0 aliphatic carbocycles. The van der Waals surface area contributed by atoms with Crippen molar-refractivity contribution in [2.75, 3.05) is 16.0 Å². The molecule has 0 unspecified atom stereocenters. The van der Waals surface area contributed by atoms with Crippen molar-refractivity contribution >= 4 is 107 Å². The first-order valence-electron chi connectivity index (χ1n) is 35.1. The predicted molar refractivity (Wildman–Crippen MR) is 425 cm³/mol. The summed E-state index contributed by atoms with van der Waals surface area (Å²) in [5, 5.41) is 24.0. The lowest BCUT2D eigenvalue weighted by Gasteiger charge is -2.34. The minimum absolute atomic E-state index is 0.0359. The van der Waals surface area contributed by atoms with Crippen molar-refractivity contribution in [2.24, 2.45) is 5.84 Å². The van der Waals surface area contributed by atoms with E-state index >= 15 is 0 Å². The molecule has 0 fully saturated rings. The zero-order valence-electron chi connectivity index (χ0n) is 65.6. The first kappa shape index (κ1) is 99.2. The van der Waals surface area contributed by atoms with Crippen molar-refractivity contribution in [1.29, 1.82) is 0 Å². The summed E-state index contributed by atoms with van der Waals surface area (Å²) < 4.78 is 165. The molecular weight excluding hydrogens is 1760 g/mol. The molecule has 7 rings (SSSR count). The summed E-state index contributed by atoms with van der Waals surface area (Å²) in [7, 11) is 0. The number of pyridine rings is 3. The Kier molecular flexibility index (Phi) is 36.7. The van der Waals surface area contributed by atoms with Crippen molar-refractivity contribution in [3.63, 3.8) is 0 Å². The number of anilines is 3. The van der Waals surface area contributed by atoms with Gasteiger partial charge in [-0.1, -0.05) is 109 Å². The summed E-state index contributed by atoms with van der Waals surface area (Å²) >= 11 is 9.61. The number of carboxylic acids is 1. The molecule has 117 heavy (non-hydrogen) atoms. The zero-order chi connectivity index (χ0) is 88.3. The van der Waals surface area contributed by atoms with Gasteiger partial charge in [-0.15, -0.1) is 29.9 Å². The molecule has 0 bridgehead atoms. The van der Waals surface area contributed by atoms with E-state index in [2.05, 4.69) is 109 Å². The van der Waals surface area contributed by atoms with Gasteiger partial charge >= 0.3 is 42.8 Å². The van der Waals surface area contributed by atoms with Gasteiger partial charge in [-0.05, 0) is 221 Å². The monoisotopic (exact) mass is 1840 g/mol. The summed E-state index contributed by atoms with van der Waals surface area (Å²) in [6.45, 7) is 29.4. The van der Waals surface area contributed by atoms with E-state index in [0.29, 0.717) is 42.6 Å². The SMILES string of the molecule is C=CCC[C@@](OCc1ccccc1)(C(=O)NN)C(F)(F)F.C=CCC[C@@](OCc1ccccc1)(C(=O)NNC(=O)c1nc(Br)c(C)cc1NC(=O)OC(C)(C)C)C(F)(F)F.C=CCC[C@@](OCc1ccccc1)(c1nnc(-c2nc(Br)c(C)cc2NC(=O)OC(C)(C)C)o1)C(F)(F)F.Cc1cc(NC(=O)OC(C)(C)C)c(C(=O)O)nc1Br. The quantitative estimate of drug-likeness (QED) is 0.00451. The summed E-state index contributed by atoms with van der Waals surface area (Å²) in [4.78, 5) is 97.3. The van der Waals surface area contributed by atoms with Crippen LogP contribution >= 0.6 is 47.8 Å². The molecule has 9 N–H and O–H groups in total. The number of halogens is 12. The number of nitrogens with zero attached hydrogens (tertiary/aromatic N) is 5. The summed E-state index contributed by atoms with van der Waals surface area (Å²) in [6.07, 6.45) is -15.7. The Labute approximate surface area is 694 Å². The molecule has 6 amide bonds. The number of hydrogen-bond acceptors (Lipinski definition) is 20. The van der Waals surface area contributed by atoms with E-state index in [-0.39, 0.29) is 71.4 Å². The van der Waals surface area contributed by atoms with E-state index in [1.807, 2.05) is 10.9 Å². The third-order valence-electron chi connectivity index (χ3n) is 15.4. The number of alkyl halides is 9. The molecule has 0 spiro atoms. The second-order valence-electron chi connectivity index (χ2n) is 28.2. The number of allylic oxidation sites excluding steroid dienone is 3. The molecular formula is C78H90Br3F9N12O15. The third-order valence-corrected chi connectivity index (χ3v) is 17.8. The molecule has 7 aromatic rings. The topological polar surface area (TPSA) is 371 Å². The minimum atomic E-state index is -5.14. The van der Waals surface area contributed by atoms with Gasteiger partial charge in [-0.2, -0.15) is 39.5 Å². The maximum Gasteiger partial charge on any atom is 0.426 e. The Morgan fingerprint density at radius 3 is 1.20 bits per heavy atom. The Bertz CT molecular complexity index is 4570. The molecule has 39 heteroatoms. The van der Waals surface area contributed by atoms with Crippen molar-refractivity contribution < 1.29 is 111 Å². The average molecular weight is 1850 g/mol. The fourth-order valence-corrected chi connectivity index (χ4v) is 10.6. The lowest BCUT2D eigenvalue weighted by atomic mass is 9.95. The van der Waals surface area contributed by atoms with Crippen LogP contribution in [0.15, 0.2) is 165 Å². The van der Waals surface area contributed by atoms with Gasteiger partial charge in [0.15, 0.2) is 17.1 Å². The highest BCUT2D eigenvalue weighted by molar-refractivity contribution is 9.11. The molecule has 0 saturated carbocycles. The first-order valence-corrected chi connectivity index (χ1v) is 37.5. The van der Waals surface area contributed by atoms with Crippen LogP contribution in [0.3, 0.4) is 0 Å². The molecule has 27 nitrogen and oxygen atoms in total. The van der Waals surface area contributed by atoms with Crippen LogP contribution in [0.4, 0.5) is 71.0 Å². The number of ether oxygens (including phenoxy) is 6. The number of rotatable bonds is 27. The van der Waals surface area contributed by atoms with Gasteiger partial charge in [0.25, 0.3) is 29.5 Å². The van der Waals surface area contributed by atoms with Crippen LogP contribution in [-0.4, -0.2) is 119 Å². The molecule has 4 heterocycles. The highest BCUT2D eigenvalue weighted by atomic mass is 79.9. The van der Waals surface area contributed by atoms with Gasteiger partial charge in [0.2, 0.25) is 16.8 Å². The van der Waals surface area contributed by atoms with E-state index in [4.69, 9.17) is 43.8 Å². The lowest BCUT2D eigenvalue weighted by molar-refractivity contribution is -0.299. The maximum absolute atomic E-state index is 14.6. The molecule has 0 aliphatic heterocycles. The fraction of sp³-hybridized carbons (Fsp3) is 0.385. The Hall–Kier alpha value is -10.2. The number of benzene rings is 3. The normalized spacial score (nSPS) is 13.1. The Morgan fingerprint density at radius 1 is 0.479 bits per heavy atom. The highest BCUT2D eigenvalue weighted by Crippen LogP contribution is 2.47. The van der Waals surface area contributed by atoms with Crippen LogP contribution in [0.5, 0.6) is 0 Å². The number of aromatic carboxylic acids is 1. The zero-order valence-corrected chi connectivity index (χ0v) is 70.4. The van der Waals surface area contributed by atoms with Gasteiger partial charge in [0.1, 0.15) is 30.6 Å². The number of aromatic nitrogens is 5. The molecule has 3 atom stereocenters. The standard InChI is InChI=1S/C26H30BrF3N4O5.C26H28BrF3N4O4.C14H17F3N2O2.C12H15BrN2O4/c1-6-7-13-25(26(28,29)30,38-15-17-11-9-8-10-12-17)22(36)34-33-21(35)19-18(14-16(2)20(27)32-19)31-23(37)39-24(3,4)5;1-6-7-13-25(26(28,29)30,36-15-17-11-9-8-10-12-17)22-34-33-21(37-22)19-18(14-16(2)20(27)32-19)31-23(35)38-24(3,4)5;1-2-3-9-13(12(20)19-18,14(15,16)17)21-10-11-7-5-4-6-8-11;1-6-5-7(8(10(16)17)15-9(6)13)14-11(18)19-12(2,3)4/h6,8-12,14H,1,7,13,15H2,2-5H3,(H,31,37)(H,33,35)(H,34,36);6,8-12,14H,1,7,13,15H2,2-5H3,(H,31,35);2,4-8H,1,3,9-10,18H2,(H,19,20);5H,1-4H3,(H,14,18)(H,16,17)/t2*25-;13-;/m111./s1. The summed E-state index contributed by atoms with van der Waals surface area (Å²) in [5.74, 6) is -1.64. The molecule has 0 saturated heterocycles.